The summed E-state index contributed by atoms with van der Waals surface area (Å²) in [6, 6.07) is 1.80. The SMILES string of the molecule is [N-]=[N+]=NCC#Cc1cnc2ncccn12. The lowest BCUT2D eigenvalue weighted by Crippen LogP contribution is -1.88. The average Bonchev–Trinajstić information content (AvgIpc) is 2.68. The Morgan fingerprint density at radius 3 is 3.33 bits per heavy atom. The summed E-state index contributed by atoms with van der Waals surface area (Å²) in [5.41, 5.74) is 8.79. The average molecular weight is 198 g/mol. The molecular formula is C9H6N6. The Kier molecular flexibility index (Phi) is 2.50. The third-order valence-corrected chi connectivity index (χ3v) is 1.72. The van der Waals surface area contributed by atoms with Gasteiger partial charge in [0.1, 0.15) is 5.69 Å². The lowest BCUT2D eigenvalue weighted by atomic mass is 10.4. The molecule has 0 spiro atoms. The van der Waals surface area contributed by atoms with Gasteiger partial charge in [-0.25, -0.2) is 9.97 Å². The number of azide groups is 1. The number of nitrogens with zero attached hydrogens (tertiary/aromatic N) is 6. The van der Waals surface area contributed by atoms with Crippen LogP contribution < -0.4 is 0 Å². The molecule has 2 heterocycles. The van der Waals surface area contributed by atoms with E-state index in [4.69, 9.17) is 5.53 Å². The molecule has 6 heteroatoms. The number of hydrogen-bond acceptors (Lipinski definition) is 3. The maximum absolute atomic E-state index is 8.06. The highest BCUT2D eigenvalue weighted by atomic mass is 15.1. The summed E-state index contributed by atoms with van der Waals surface area (Å²) in [4.78, 5) is 10.7. The van der Waals surface area contributed by atoms with Crippen LogP contribution in [0.1, 0.15) is 5.69 Å². The number of fused-ring (bicyclic) bond motifs is 1. The molecule has 0 fully saturated rings. The van der Waals surface area contributed by atoms with Crippen molar-refractivity contribution >= 4 is 5.78 Å². The van der Waals surface area contributed by atoms with Crippen LogP contribution in [0.25, 0.3) is 16.2 Å². The van der Waals surface area contributed by atoms with Gasteiger partial charge in [0.25, 0.3) is 0 Å². The van der Waals surface area contributed by atoms with E-state index in [1.54, 1.807) is 22.9 Å². The van der Waals surface area contributed by atoms with Gasteiger partial charge in [-0.05, 0) is 17.5 Å². The molecule has 0 bridgehead atoms. The van der Waals surface area contributed by atoms with Crippen molar-refractivity contribution in [1.29, 1.82) is 0 Å². The zero-order valence-electron chi connectivity index (χ0n) is 7.70. The minimum Gasteiger partial charge on any atom is -0.277 e. The summed E-state index contributed by atoms with van der Waals surface area (Å²) in [5.74, 6) is 6.17. The first-order chi connectivity index (χ1) is 7.42. The van der Waals surface area contributed by atoms with E-state index in [2.05, 4.69) is 31.8 Å². The van der Waals surface area contributed by atoms with Crippen LogP contribution in [0, 0.1) is 11.8 Å². The molecule has 2 aromatic heterocycles. The Balaban J connectivity index is 2.35. The molecule has 0 amide bonds. The molecule has 0 aliphatic heterocycles. The first kappa shape index (κ1) is 9.06. The van der Waals surface area contributed by atoms with E-state index in [9.17, 15) is 0 Å². The lowest BCUT2D eigenvalue weighted by Gasteiger charge is -1.90. The van der Waals surface area contributed by atoms with Crippen molar-refractivity contribution in [3.63, 3.8) is 0 Å². The fourth-order valence-corrected chi connectivity index (χ4v) is 1.12. The highest BCUT2D eigenvalue weighted by molar-refractivity contribution is 5.38. The van der Waals surface area contributed by atoms with Crippen LogP contribution in [0.5, 0.6) is 0 Å². The van der Waals surface area contributed by atoms with Crippen LogP contribution in [-0.2, 0) is 0 Å². The molecule has 0 aliphatic carbocycles. The molecule has 0 N–H and O–H groups in total. The van der Waals surface area contributed by atoms with Gasteiger partial charge in [0, 0.05) is 17.3 Å². The van der Waals surface area contributed by atoms with E-state index in [0.29, 0.717) is 5.78 Å². The molecule has 0 saturated heterocycles. The number of imidazole rings is 1. The predicted molar refractivity (Wildman–Crippen MR) is 53.9 cm³/mol. The van der Waals surface area contributed by atoms with E-state index < -0.39 is 0 Å². The second-order valence-corrected chi connectivity index (χ2v) is 2.62. The van der Waals surface area contributed by atoms with E-state index >= 15 is 0 Å². The minimum atomic E-state index is 0.157. The summed E-state index contributed by atoms with van der Waals surface area (Å²) >= 11 is 0. The number of hydrogen-bond donors (Lipinski definition) is 0. The van der Waals surface area contributed by atoms with Crippen molar-refractivity contribution < 1.29 is 0 Å². The van der Waals surface area contributed by atoms with Crippen molar-refractivity contribution in [3.05, 3.63) is 40.8 Å². The van der Waals surface area contributed by atoms with Crippen LogP contribution in [-0.4, -0.2) is 20.9 Å². The number of rotatable bonds is 1. The molecule has 0 aliphatic rings. The van der Waals surface area contributed by atoms with Crippen molar-refractivity contribution in [1.82, 2.24) is 14.4 Å². The normalized spacial score (nSPS) is 9.07. The maximum atomic E-state index is 8.06. The van der Waals surface area contributed by atoms with Gasteiger partial charge in [0.05, 0.1) is 12.7 Å². The molecule has 0 unspecified atom stereocenters. The van der Waals surface area contributed by atoms with Crippen molar-refractivity contribution in [2.45, 2.75) is 0 Å². The van der Waals surface area contributed by atoms with Crippen molar-refractivity contribution in [2.75, 3.05) is 6.54 Å². The van der Waals surface area contributed by atoms with Gasteiger partial charge < -0.3 is 0 Å². The predicted octanol–water partition coefficient (Wildman–Crippen LogP) is 1.39. The van der Waals surface area contributed by atoms with Crippen LogP contribution >= 0.6 is 0 Å². The largest absolute Gasteiger partial charge is 0.277 e. The standard InChI is InChI=1S/C9H6N6/c10-14-13-5-1-3-8-7-12-9-11-4-2-6-15(8)9/h2,4,6-7H,5H2. The summed E-state index contributed by atoms with van der Waals surface area (Å²) < 4.78 is 1.77. The van der Waals surface area contributed by atoms with Crippen molar-refractivity contribution in [2.24, 2.45) is 5.11 Å². The van der Waals surface area contributed by atoms with E-state index in [0.717, 1.165) is 5.69 Å². The summed E-state index contributed by atoms with van der Waals surface area (Å²) in [6.45, 7) is 0.157. The van der Waals surface area contributed by atoms with Gasteiger partial charge in [0.15, 0.2) is 0 Å². The summed E-state index contributed by atoms with van der Waals surface area (Å²) in [5, 5.41) is 3.31. The van der Waals surface area contributed by atoms with Crippen LogP contribution in [0.4, 0.5) is 0 Å². The van der Waals surface area contributed by atoms with E-state index in [-0.39, 0.29) is 6.54 Å². The molecule has 2 aromatic rings. The molecule has 72 valence electrons. The Hall–Kier alpha value is -2.51. The van der Waals surface area contributed by atoms with Crippen LogP contribution in [0.3, 0.4) is 0 Å². The van der Waals surface area contributed by atoms with Crippen LogP contribution in [0.15, 0.2) is 29.8 Å². The lowest BCUT2D eigenvalue weighted by molar-refractivity contribution is 1.09. The topological polar surface area (TPSA) is 79.0 Å². The summed E-state index contributed by atoms with van der Waals surface area (Å²) in [7, 11) is 0. The Bertz CT molecular complexity index is 581. The maximum Gasteiger partial charge on any atom is 0.234 e. The number of aromatic nitrogens is 3. The smallest absolute Gasteiger partial charge is 0.234 e. The highest BCUT2D eigenvalue weighted by Gasteiger charge is 1.98. The van der Waals surface area contributed by atoms with Gasteiger partial charge in [-0.15, -0.1) is 0 Å². The zero-order chi connectivity index (χ0) is 10.5. The first-order valence-electron chi connectivity index (χ1n) is 4.19. The Morgan fingerprint density at radius 2 is 2.47 bits per heavy atom. The molecule has 0 aromatic carbocycles. The van der Waals surface area contributed by atoms with E-state index in [1.807, 2.05) is 6.20 Å². The molecule has 0 atom stereocenters. The zero-order valence-corrected chi connectivity index (χ0v) is 7.70. The van der Waals surface area contributed by atoms with E-state index in [1.165, 1.54) is 0 Å². The molecular weight excluding hydrogens is 192 g/mol. The highest BCUT2D eigenvalue weighted by Crippen LogP contribution is 2.00. The molecule has 0 radical (unpaired) electrons. The van der Waals surface area contributed by atoms with Crippen molar-refractivity contribution in [3.8, 4) is 11.8 Å². The molecule has 6 nitrogen and oxygen atoms in total. The van der Waals surface area contributed by atoms with Gasteiger partial charge >= 0.3 is 0 Å². The minimum absolute atomic E-state index is 0.157. The third-order valence-electron chi connectivity index (χ3n) is 1.72. The molecule has 15 heavy (non-hydrogen) atoms. The van der Waals surface area contributed by atoms with Gasteiger partial charge in [-0.3, -0.25) is 4.40 Å². The molecule has 2 rings (SSSR count). The second kappa shape index (κ2) is 4.13. The first-order valence-corrected chi connectivity index (χ1v) is 4.19. The molecule has 0 saturated carbocycles. The Labute approximate surface area is 85.2 Å². The van der Waals surface area contributed by atoms with Gasteiger partial charge in [-0.1, -0.05) is 11.0 Å². The fourth-order valence-electron chi connectivity index (χ4n) is 1.12. The summed E-state index contributed by atoms with van der Waals surface area (Å²) in [6.07, 6.45) is 5.12. The quantitative estimate of drug-likeness (QED) is 0.300. The second-order valence-electron chi connectivity index (χ2n) is 2.62. The van der Waals surface area contributed by atoms with Crippen LogP contribution in [0.2, 0.25) is 0 Å². The van der Waals surface area contributed by atoms with Gasteiger partial charge in [-0.2, -0.15) is 0 Å². The van der Waals surface area contributed by atoms with Gasteiger partial charge in [0.2, 0.25) is 5.78 Å². The Morgan fingerprint density at radius 1 is 1.53 bits per heavy atom. The third kappa shape index (κ3) is 1.88. The monoisotopic (exact) mass is 198 g/mol. The fraction of sp³-hybridized carbons (Fsp3) is 0.111.